The molecule has 0 bridgehead atoms. The van der Waals surface area contributed by atoms with E-state index in [9.17, 15) is 0 Å². The molecule has 0 unspecified atom stereocenters. The Labute approximate surface area is 122 Å². The maximum Gasteiger partial charge on any atom is 0.119 e. The van der Waals surface area contributed by atoms with Crippen molar-refractivity contribution in [2.75, 3.05) is 19.7 Å². The minimum Gasteiger partial charge on any atom is -0.494 e. The zero-order valence-corrected chi connectivity index (χ0v) is 12.3. The minimum absolute atomic E-state index is 0.678. The SMILES string of the molecule is CCCCN(CCCOc1ccc(C#N)cc1)C1CC1. The van der Waals surface area contributed by atoms with E-state index in [1.54, 1.807) is 12.1 Å². The number of nitriles is 1. The summed E-state index contributed by atoms with van der Waals surface area (Å²) < 4.78 is 5.72. The van der Waals surface area contributed by atoms with Crippen LogP contribution in [0.5, 0.6) is 5.75 Å². The fourth-order valence-electron chi connectivity index (χ4n) is 2.36. The Morgan fingerprint density at radius 3 is 2.50 bits per heavy atom. The highest BCUT2D eigenvalue weighted by atomic mass is 16.5. The third kappa shape index (κ3) is 4.86. The number of ether oxygens (including phenoxy) is 1. The molecule has 0 saturated heterocycles. The molecule has 0 amide bonds. The fraction of sp³-hybridized carbons (Fsp3) is 0.588. The number of rotatable bonds is 9. The average Bonchev–Trinajstić information content (AvgIpc) is 3.32. The Balaban J connectivity index is 1.65. The molecule has 1 aliphatic carbocycles. The second-order valence-corrected chi connectivity index (χ2v) is 5.46. The van der Waals surface area contributed by atoms with E-state index in [4.69, 9.17) is 10.00 Å². The van der Waals surface area contributed by atoms with Gasteiger partial charge in [0.2, 0.25) is 0 Å². The first-order valence-electron chi connectivity index (χ1n) is 7.70. The van der Waals surface area contributed by atoms with Crippen molar-refractivity contribution in [3.63, 3.8) is 0 Å². The van der Waals surface area contributed by atoms with Gasteiger partial charge < -0.3 is 9.64 Å². The van der Waals surface area contributed by atoms with Gasteiger partial charge in [-0.15, -0.1) is 0 Å². The molecule has 0 heterocycles. The van der Waals surface area contributed by atoms with Crippen molar-refractivity contribution in [1.82, 2.24) is 4.90 Å². The lowest BCUT2D eigenvalue weighted by Crippen LogP contribution is -2.29. The van der Waals surface area contributed by atoms with Crippen molar-refractivity contribution < 1.29 is 4.74 Å². The predicted molar refractivity (Wildman–Crippen MR) is 80.8 cm³/mol. The van der Waals surface area contributed by atoms with Crippen molar-refractivity contribution in [2.45, 2.75) is 45.1 Å². The van der Waals surface area contributed by atoms with Crippen LogP contribution in [-0.2, 0) is 0 Å². The molecule has 1 aromatic carbocycles. The molecule has 3 nitrogen and oxygen atoms in total. The maximum atomic E-state index is 8.74. The van der Waals surface area contributed by atoms with E-state index in [1.165, 1.54) is 32.2 Å². The summed E-state index contributed by atoms with van der Waals surface area (Å²) in [5.74, 6) is 0.857. The Hall–Kier alpha value is -1.53. The van der Waals surface area contributed by atoms with E-state index < -0.39 is 0 Å². The Morgan fingerprint density at radius 2 is 1.90 bits per heavy atom. The average molecular weight is 272 g/mol. The summed E-state index contributed by atoms with van der Waals surface area (Å²) >= 11 is 0. The van der Waals surface area contributed by atoms with Crippen LogP contribution in [0.3, 0.4) is 0 Å². The first kappa shape index (κ1) is 14.9. The van der Waals surface area contributed by atoms with Crippen LogP contribution < -0.4 is 4.74 Å². The van der Waals surface area contributed by atoms with E-state index in [0.29, 0.717) is 5.56 Å². The summed E-state index contributed by atoms with van der Waals surface area (Å²) in [4.78, 5) is 2.62. The molecule has 20 heavy (non-hydrogen) atoms. The molecule has 0 spiro atoms. The molecule has 0 aromatic heterocycles. The predicted octanol–water partition coefficient (Wildman–Crippen LogP) is 3.59. The van der Waals surface area contributed by atoms with Crippen LogP contribution in [0.1, 0.15) is 44.6 Å². The molecular weight excluding hydrogens is 248 g/mol. The highest BCUT2D eigenvalue weighted by molar-refractivity contribution is 5.34. The molecule has 1 aromatic rings. The molecule has 1 aliphatic rings. The lowest BCUT2D eigenvalue weighted by molar-refractivity contribution is 0.224. The topological polar surface area (TPSA) is 36.3 Å². The van der Waals surface area contributed by atoms with Gasteiger partial charge in [-0.25, -0.2) is 0 Å². The molecule has 0 atom stereocenters. The second-order valence-electron chi connectivity index (χ2n) is 5.46. The van der Waals surface area contributed by atoms with Crippen molar-refractivity contribution in [3.05, 3.63) is 29.8 Å². The Bertz CT molecular complexity index is 431. The number of unbranched alkanes of at least 4 members (excludes halogenated alkanes) is 1. The van der Waals surface area contributed by atoms with E-state index in [2.05, 4.69) is 17.9 Å². The number of benzene rings is 1. The van der Waals surface area contributed by atoms with Crippen LogP contribution in [0.25, 0.3) is 0 Å². The van der Waals surface area contributed by atoms with Gasteiger partial charge in [-0.3, -0.25) is 0 Å². The van der Waals surface area contributed by atoms with Crippen molar-refractivity contribution >= 4 is 0 Å². The number of nitrogens with zero attached hydrogens (tertiary/aromatic N) is 2. The Kier molecular flexibility index (Phi) is 5.88. The van der Waals surface area contributed by atoms with Gasteiger partial charge in [-0.05, 0) is 56.5 Å². The first-order valence-corrected chi connectivity index (χ1v) is 7.70. The zero-order valence-electron chi connectivity index (χ0n) is 12.3. The summed E-state index contributed by atoms with van der Waals surface area (Å²) in [7, 11) is 0. The largest absolute Gasteiger partial charge is 0.494 e. The molecule has 2 rings (SSSR count). The molecule has 0 aliphatic heterocycles. The molecule has 108 valence electrons. The molecule has 1 saturated carbocycles. The van der Waals surface area contributed by atoms with Crippen LogP contribution in [0.15, 0.2) is 24.3 Å². The van der Waals surface area contributed by atoms with Gasteiger partial charge >= 0.3 is 0 Å². The summed E-state index contributed by atoms with van der Waals surface area (Å²) in [6.07, 6.45) is 6.39. The molecule has 1 fully saturated rings. The number of hydrogen-bond acceptors (Lipinski definition) is 3. The van der Waals surface area contributed by atoms with Crippen molar-refractivity contribution in [3.8, 4) is 11.8 Å². The van der Waals surface area contributed by atoms with Crippen LogP contribution in [0, 0.1) is 11.3 Å². The van der Waals surface area contributed by atoms with Crippen LogP contribution in [0.2, 0.25) is 0 Å². The lowest BCUT2D eigenvalue weighted by atomic mass is 10.2. The van der Waals surface area contributed by atoms with Crippen LogP contribution >= 0.6 is 0 Å². The third-order valence-electron chi connectivity index (χ3n) is 3.70. The molecular formula is C17H24N2O. The van der Waals surface area contributed by atoms with E-state index in [1.807, 2.05) is 12.1 Å². The van der Waals surface area contributed by atoms with Crippen molar-refractivity contribution in [1.29, 1.82) is 5.26 Å². The van der Waals surface area contributed by atoms with Gasteiger partial charge in [0.25, 0.3) is 0 Å². The minimum atomic E-state index is 0.678. The lowest BCUT2D eigenvalue weighted by Gasteiger charge is -2.21. The van der Waals surface area contributed by atoms with Crippen LogP contribution in [-0.4, -0.2) is 30.6 Å². The summed E-state index contributed by atoms with van der Waals surface area (Å²) in [6, 6.07) is 10.3. The van der Waals surface area contributed by atoms with Crippen molar-refractivity contribution in [2.24, 2.45) is 0 Å². The number of hydrogen-bond donors (Lipinski definition) is 0. The van der Waals surface area contributed by atoms with Gasteiger partial charge in [-0.1, -0.05) is 13.3 Å². The summed E-state index contributed by atoms with van der Waals surface area (Å²) in [6.45, 7) is 5.37. The van der Waals surface area contributed by atoms with Gasteiger partial charge in [0.05, 0.1) is 18.2 Å². The summed E-state index contributed by atoms with van der Waals surface area (Å²) in [5, 5.41) is 8.74. The van der Waals surface area contributed by atoms with E-state index in [0.717, 1.165) is 31.4 Å². The molecule has 0 radical (unpaired) electrons. The quantitative estimate of drug-likeness (QED) is 0.644. The van der Waals surface area contributed by atoms with Gasteiger partial charge in [0.1, 0.15) is 5.75 Å². The monoisotopic (exact) mass is 272 g/mol. The van der Waals surface area contributed by atoms with Gasteiger partial charge in [-0.2, -0.15) is 5.26 Å². The highest BCUT2D eigenvalue weighted by Crippen LogP contribution is 2.27. The smallest absolute Gasteiger partial charge is 0.119 e. The normalized spacial score (nSPS) is 14.2. The summed E-state index contributed by atoms with van der Waals surface area (Å²) in [5.41, 5.74) is 0.678. The first-order chi connectivity index (χ1) is 9.83. The molecule has 3 heteroatoms. The van der Waals surface area contributed by atoms with Gasteiger partial charge in [0, 0.05) is 12.6 Å². The van der Waals surface area contributed by atoms with Crippen LogP contribution in [0.4, 0.5) is 0 Å². The van der Waals surface area contributed by atoms with E-state index in [-0.39, 0.29) is 0 Å². The standard InChI is InChI=1S/C17H24N2O/c1-2-3-11-19(16-7-8-16)12-4-13-20-17-9-5-15(14-18)6-10-17/h5-6,9-10,16H,2-4,7-8,11-13H2,1H3. The third-order valence-corrected chi connectivity index (χ3v) is 3.70. The molecule has 0 N–H and O–H groups in total. The van der Waals surface area contributed by atoms with E-state index >= 15 is 0 Å². The second kappa shape index (κ2) is 7.91. The highest BCUT2D eigenvalue weighted by Gasteiger charge is 2.27. The Morgan fingerprint density at radius 1 is 1.20 bits per heavy atom. The fourth-order valence-corrected chi connectivity index (χ4v) is 2.36. The zero-order chi connectivity index (χ0) is 14.2. The maximum absolute atomic E-state index is 8.74. The van der Waals surface area contributed by atoms with Gasteiger partial charge in [0.15, 0.2) is 0 Å².